The average molecular weight is 307 g/mol. The summed E-state index contributed by atoms with van der Waals surface area (Å²) in [5, 5.41) is 0. The zero-order valence-corrected chi connectivity index (χ0v) is 12.6. The summed E-state index contributed by atoms with van der Waals surface area (Å²) in [6.07, 6.45) is 1.44. The number of carbonyl (C=O) groups is 2. The maximum atomic E-state index is 13.5. The molecule has 0 radical (unpaired) electrons. The third kappa shape index (κ3) is 2.42. The highest BCUT2D eigenvalue weighted by Gasteiger charge is 2.52. The Morgan fingerprint density at radius 2 is 2.23 bits per heavy atom. The van der Waals surface area contributed by atoms with E-state index in [1.54, 1.807) is 24.0 Å². The van der Waals surface area contributed by atoms with Crippen molar-refractivity contribution >= 4 is 11.9 Å². The quantitative estimate of drug-likeness (QED) is 0.799. The number of rotatable bonds is 3. The molecule has 1 amide bonds. The van der Waals surface area contributed by atoms with Gasteiger partial charge in [0.15, 0.2) is 0 Å². The molecular formula is C16H18FNO4. The summed E-state index contributed by atoms with van der Waals surface area (Å²) < 4.78 is 24.3. The fourth-order valence-electron chi connectivity index (χ4n) is 2.87. The fraction of sp³-hybridized carbons (Fsp3) is 0.500. The normalized spacial score (nSPS) is 27.6. The molecule has 2 atom stereocenters. The van der Waals surface area contributed by atoms with Crippen LogP contribution in [0.5, 0.6) is 5.75 Å². The number of benzene rings is 1. The van der Waals surface area contributed by atoms with E-state index in [4.69, 9.17) is 9.47 Å². The molecule has 0 unspecified atom stereocenters. The van der Waals surface area contributed by atoms with Gasteiger partial charge in [0, 0.05) is 12.6 Å². The molecule has 2 heterocycles. The number of hydrogen-bond donors (Lipinski definition) is 0. The van der Waals surface area contributed by atoms with E-state index in [1.807, 2.05) is 0 Å². The average Bonchev–Trinajstić information content (AvgIpc) is 2.96. The highest BCUT2D eigenvalue weighted by molar-refractivity contribution is 5.95. The number of morpholine rings is 1. The molecule has 2 saturated heterocycles. The Balaban J connectivity index is 1.74. The van der Waals surface area contributed by atoms with Gasteiger partial charge < -0.3 is 14.4 Å². The second-order valence-corrected chi connectivity index (χ2v) is 6.01. The van der Waals surface area contributed by atoms with Crippen LogP contribution in [0.3, 0.4) is 0 Å². The topological polar surface area (TPSA) is 55.8 Å². The van der Waals surface area contributed by atoms with Crippen molar-refractivity contribution in [3.8, 4) is 5.75 Å². The molecular weight excluding hydrogens is 289 g/mol. The molecule has 2 aliphatic rings. The minimum atomic E-state index is -1.36. The number of esters is 1. The van der Waals surface area contributed by atoms with Crippen LogP contribution in [0.15, 0.2) is 18.2 Å². The third-order valence-corrected chi connectivity index (χ3v) is 4.22. The molecule has 0 aliphatic carbocycles. The molecule has 22 heavy (non-hydrogen) atoms. The van der Waals surface area contributed by atoms with E-state index >= 15 is 0 Å². The van der Waals surface area contributed by atoms with Crippen LogP contribution in [-0.2, 0) is 14.3 Å². The SMILES string of the molecule is Cc1ccc(OC[C@@]2(C)OC(=O)[C@H]3CCCN3C2=O)cc1F. The second kappa shape index (κ2) is 5.26. The van der Waals surface area contributed by atoms with Crippen LogP contribution < -0.4 is 4.74 Å². The zero-order chi connectivity index (χ0) is 15.9. The first kappa shape index (κ1) is 14.8. The van der Waals surface area contributed by atoms with E-state index in [0.29, 0.717) is 24.3 Å². The molecule has 0 bridgehead atoms. The number of halogens is 1. The summed E-state index contributed by atoms with van der Waals surface area (Å²) in [5.41, 5.74) is -0.849. The van der Waals surface area contributed by atoms with Crippen LogP contribution in [-0.4, -0.2) is 41.6 Å². The van der Waals surface area contributed by atoms with Crippen molar-refractivity contribution < 1.29 is 23.5 Å². The molecule has 2 fully saturated rings. The lowest BCUT2D eigenvalue weighted by molar-refractivity contribution is -0.191. The standard InChI is InChI=1S/C16H18FNO4/c1-10-5-6-11(8-12(10)17)21-9-16(2)15(20)18-7-3-4-13(18)14(19)22-16/h5-6,8,13H,3-4,7,9H2,1-2H3/t13-,16-/m1/s1. The van der Waals surface area contributed by atoms with Crippen molar-refractivity contribution in [3.05, 3.63) is 29.6 Å². The number of cyclic esters (lactones) is 1. The molecule has 1 aromatic carbocycles. The predicted octanol–water partition coefficient (Wildman–Crippen LogP) is 1.82. The van der Waals surface area contributed by atoms with E-state index in [9.17, 15) is 14.0 Å². The van der Waals surface area contributed by atoms with Crippen LogP contribution in [0.4, 0.5) is 4.39 Å². The van der Waals surface area contributed by atoms with Crippen molar-refractivity contribution in [1.29, 1.82) is 0 Å². The van der Waals surface area contributed by atoms with E-state index in [2.05, 4.69) is 0 Å². The molecule has 2 aliphatic heterocycles. The Morgan fingerprint density at radius 1 is 1.45 bits per heavy atom. The number of amides is 1. The van der Waals surface area contributed by atoms with Gasteiger partial charge >= 0.3 is 5.97 Å². The third-order valence-electron chi connectivity index (χ3n) is 4.22. The molecule has 3 rings (SSSR count). The lowest BCUT2D eigenvalue weighted by Crippen LogP contribution is -2.61. The summed E-state index contributed by atoms with van der Waals surface area (Å²) >= 11 is 0. The predicted molar refractivity (Wildman–Crippen MR) is 75.9 cm³/mol. The molecule has 118 valence electrons. The number of nitrogens with zero attached hydrogens (tertiary/aromatic N) is 1. The molecule has 5 nitrogen and oxygen atoms in total. The Morgan fingerprint density at radius 3 is 2.95 bits per heavy atom. The van der Waals surface area contributed by atoms with Crippen molar-refractivity contribution in [3.63, 3.8) is 0 Å². The van der Waals surface area contributed by atoms with Gasteiger partial charge in [-0.3, -0.25) is 4.79 Å². The van der Waals surface area contributed by atoms with Crippen LogP contribution in [0, 0.1) is 12.7 Å². The van der Waals surface area contributed by atoms with Crippen LogP contribution >= 0.6 is 0 Å². The highest BCUT2D eigenvalue weighted by Crippen LogP contribution is 2.31. The molecule has 6 heteroatoms. The van der Waals surface area contributed by atoms with E-state index in [1.165, 1.54) is 13.0 Å². The Hall–Kier alpha value is -2.11. The smallest absolute Gasteiger partial charge is 0.330 e. The van der Waals surface area contributed by atoms with Gasteiger partial charge in [0.05, 0.1) is 0 Å². The summed E-state index contributed by atoms with van der Waals surface area (Å²) in [7, 11) is 0. The van der Waals surface area contributed by atoms with E-state index in [-0.39, 0.29) is 18.3 Å². The molecule has 0 N–H and O–H groups in total. The van der Waals surface area contributed by atoms with Gasteiger partial charge in [0.2, 0.25) is 5.60 Å². The first-order valence-electron chi connectivity index (χ1n) is 7.33. The Labute approximate surface area is 128 Å². The van der Waals surface area contributed by atoms with Gasteiger partial charge in [-0.2, -0.15) is 0 Å². The van der Waals surface area contributed by atoms with Crippen LogP contribution in [0.2, 0.25) is 0 Å². The number of carbonyl (C=O) groups excluding carboxylic acids is 2. The van der Waals surface area contributed by atoms with Crippen LogP contribution in [0.25, 0.3) is 0 Å². The first-order chi connectivity index (χ1) is 10.4. The maximum Gasteiger partial charge on any atom is 0.330 e. The van der Waals surface area contributed by atoms with Gasteiger partial charge in [0.1, 0.15) is 24.2 Å². The summed E-state index contributed by atoms with van der Waals surface area (Å²) in [6, 6.07) is 4.01. The van der Waals surface area contributed by atoms with Gasteiger partial charge in [-0.25, -0.2) is 9.18 Å². The number of aryl methyl sites for hydroxylation is 1. The second-order valence-electron chi connectivity index (χ2n) is 6.01. The molecule has 1 aromatic rings. The maximum absolute atomic E-state index is 13.5. The minimum Gasteiger partial charge on any atom is -0.489 e. The first-order valence-corrected chi connectivity index (χ1v) is 7.33. The molecule has 0 saturated carbocycles. The van der Waals surface area contributed by atoms with E-state index < -0.39 is 17.6 Å². The fourth-order valence-corrected chi connectivity index (χ4v) is 2.87. The summed E-state index contributed by atoms with van der Waals surface area (Å²) in [5.74, 6) is -0.716. The molecule has 0 spiro atoms. The van der Waals surface area contributed by atoms with Crippen molar-refractivity contribution in [2.75, 3.05) is 13.2 Å². The van der Waals surface area contributed by atoms with E-state index in [0.717, 1.165) is 6.42 Å². The summed E-state index contributed by atoms with van der Waals surface area (Å²) in [6.45, 7) is 3.61. The van der Waals surface area contributed by atoms with Crippen LogP contribution in [0.1, 0.15) is 25.3 Å². The largest absolute Gasteiger partial charge is 0.489 e. The Bertz CT molecular complexity index is 633. The summed E-state index contributed by atoms with van der Waals surface area (Å²) in [4.78, 5) is 26.1. The van der Waals surface area contributed by atoms with Crippen molar-refractivity contribution in [1.82, 2.24) is 4.90 Å². The number of hydrogen-bond acceptors (Lipinski definition) is 4. The number of ether oxygens (including phenoxy) is 2. The Kier molecular flexibility index (Phi) is 3.54. The van der Waals surface area contributed by atoms with Gasteiger partial charge in [-0.15, -0.1) is 0 Å². The number of fused-ring (bicyclic) bond motifs is 1. The van der Waals surface area contributed by atoms with Gasteiger partial charge in [-0.1, -0.05) is 6.07 Å². The van der Waals surface area contributed by atoms with Gasteiger partial charge in [0.25, 0.3) is 5.91 Å². The van der Waals surface area contributed by atoms with Crippen molar-refractivity contribution in [2.45, 2.75) is 38.3 Å². The van der Waals surface area contributed by atoms with Gasteiger partial charge in [-0.05, 0) is 38.3 Å². The zero-order valence-electron chi connectivity index (χ0n) is 12.6. The molecule has 0 aromatic heterocycles. The lowest BCUT2D eigenvalue weighted by atomic mass is 10.0. The monoisotopic (exact) mass is 307 g/mol. The highest BCUT2D eigenvalue weighted by atomic mass is 19.1. The van der Waals surface area contributed by atoms with Crippen molar-refractivity contribution in [2.24, 2.45) is 0 Å². The minimum absolute atomic E-state index is 0.136. The lowest BCUT2D eigenvalue weighted by Gasteiger charge is -2.39.